The normalized spacial score (nSPS) is 14.0. The molecule has 0 saturated heterocycles. The standard InChI is InChI=1S/C17H15Cl2NO4/c1-10(24-14-4-2-11(18)8-13(14)19)17(21)20-12-3-5-15-16(9-12)23-7-6-22-15/h2-5,8-10H,6-7H2,1H3,(H,20,21)/t10-/m0/s1. The van der Waals surface area contributed by atoms with E-state index in [2.05, 4.69) is 5.32 Å². The molecule has 0 aromatic heterocycles. The van der Waals surface area contributed by atoms with Gasteiger partial charge < -0.3 is 19.5 Å². The highest BCUT2D eigenvalue weighted by molar-refractivity contribution is 6.35. The van der Waals surface area contributed by atoms with E-state index >= 15 is 0 Å². The van der Waals surface area contributed by atoms with Crippen molar-refractivity contribution in [2.24, 2.45) is 0 Å². The van der Waals surface area contributed by atoms with Gasteiger partial charge in [-0.25, -0.2) is 0 Å². The van der Waals surface area contributed by atoms with Crippen molar-refractivity contribution in [3.05, 3.63) is 46.4 Å². The second kappa shape index (κ2) is 7.20. The highest BCUT2D eigenvalue weighted by Crippen LogP contribution is 2.33. The van der Waals surface area contributed by atoms with Gasteiger partial charge in [0.05, 0.1) is 5.02 Å². The maximum absolute atomic E-state index is 12.3. The van der Waals surface area contributed by atoms with Crippen molar-refractivity contribution in [3.63, 3.8) is 0 Å². The summed E-state index contributed by atoms with van der Waals surface area (Å²) >= 11 is 11.9. The lowest BCUT2D eigenvalue weighted by molar-refractivity contribution is -0.122. The molecule has 126 valence electrons. The first-order valence-electron chi connectivity index (χ1n) is 7.35. The van der Waals surface area contributed by atoms with Crippen LogP contribution >= 0.6 is 23.2 Å². The molecular weight excluding hydrogens is 353 g/mol. The summed E-state index contributed by atoms with van der Waals surface area (Å²) in [6, 6.07) is 10.0. The van der Waals surface area contributed by atoms with E-state index in [4.69, 9.17) is 37.4 Å². The van der Waals surface area contributed by atoms with Crippen LogP contribution in [-0.4, -0.2) is 25.2 Å². The van der Waals surface area contributed by atoms with Crippen LogP contribution in [0.15, 0.2) is 36.4 Å². The van der Waals surface area contributed by atoms with Gasteiger partial charge >= 0.3 is 0 Å². The molecule has 3 rings (SSSR count). The molecular formula is C17H15Cl2NO4. The average Bonchev–Trinajstić information content (AvgIpc) is 2.57. The Morgan fingerprint density at radius 2 is 1.88 bits per heavy atom. The van der Waals surface area contributed by atoms with Gasteiger partial charge in [0.15, 0.2) is 17.6 Å². The zero-order valence-electron chi connectivity index (χ0n) is 12.8. The lowest BCUT2D eigenvalue weighted by Gasteiger charge is -2.20. The summed E-state index contributed by atoms with van der Waals surface area (Å²) in [6.07, 6.45) is -0.739. The first kappa shape index (κ1) is 16.7. The van der Waals surface area contributed by atoms with E-state index in [0.717, 1.165) is 0 Å². The Bertz CT molecular complexity index is 766. The predicted molar refractivity (Wildman–Crippen MR) is 92.6 cm³/mol. The van der Waals surface area contributed by atoms with E-state index < -0.39 is 6.10 Å². The fourth-order valence-electron chi connectivity index (χ4n) is 2.18. The first-order valence-corrected chi connectivity index (χ1v) is 8.11. The molecule has 0 fully saturated rings. The molecule has 1 atom stereocenters. The van der Waals surface area contributed by atoms with Gasteiger partial charge in [-0.1, -0.05) is 23.2 Å². The molecule has 0 bridgehead atoms. The fraction of sp³-hybridized carbons (Fsp3) is 0.235. The highest BCUT2D eigenvalue weighted by Gasteiger charge is 2.18. The van der Waals surface area contributed by atoms with Crippen molar-refractivity contribution in [2.75, 3.05) is 18.5 Å². The smallest absolute Gasteiger partial charge is 0.265 e. The van der Waals surface area contributed by atoms with Crippen molar-refractivity contribution in [1.29, 1.82) is 0 Å². The third-order valence-electron chi connectivity index (χ3n) is 3.38. The molecule has 0 spiro atoms. The SMILES string of the molecule is C[C@H](Oc1ccc(Cl)cc1Cl)C(=O)Nc1ccc2c(c1)OCCO2. The van der Waals surface area contributed by atoms with Crippen LogP contribution in [0, 0.1) is 0 Å². The van der Waals surface area contributed by atoms with Crippen LogP contribution in [-0.2, 0) is 4.79 Å². The summed E-state index contributed by atoms with van der Waals surface area (Å²) in [5.74, 6) is 1.36. The number of ether oxygens (including phenoxy) is 3. The molecule has 2 aromatic carbocycles. The third-order valence-corrected chi connectivity index (χ3v) is 3.91. The molecule has 0 unspecified atom stereocenters. The van der Waals surface area contributed by atoms with Crippen LogP contribution in [0.2, 0.25) is 10.0 Å². The molecule has 0 saturated carbocycles. The minimum Gasteiger partial charge on any atom is -0.486 e. The quantitative estimate of drug-likeness (QED) is 0.880. The van der Waals surface area contributed by atoms with Crippen molar-refractivity contribution in [2.45, 2.75) is 13.0 Å². The summed E-state index contributed by atoms with van der Waals surface area (Å²) < 4.78 is 16.5. The molecule has 1 aliphatic heterocycles. The Hall–Kier alpha value is -2.11. The third kappa shape index (κ3) is 3.86. The maximum Gasteiger partial charge on any atom is 0.265 e. The number of carbonyl (C=O) groups is 1. The molecule has 1 aliphatic rings. The number of amides is 1. The summed E-state index contributed by atoms with van der Waals surface area (Å²) in [4.78, 5) is 12.3. The number of rotatable bonds is 4. The maximum atomic E-state index is 12.3. The Labute approximate surface area is 149 Å². The number of anilines is 1. The zero-order chi connectivity index (χ0) is 17.1. The average molecular weight is 368 g/mol. The molecule has 5 nitrogen and oxygen atoms in total. The van der Waals surface area contributed by atoms with Gasteiger partial charge in [0.25, 0.3) is 5.91 Å². The number of hydrogen-bond donors (Lipinski definition) is 1. The monoisotopic (exact) mass is 367 g/mol. The minimum atomic E-state index is -0.739. The van der Waals surface area contributed by atoms with Gasteiger partial charge in [0.1, 0.15) is 19.0 Å². The second-order valence-corrected chi connectivity index (χ2v) is 6.03. The van der Waals surface area contributed by atoms with E-state index in [-0.39, 0.29) is 5.91 Å². The Kier molecular flexibility index (Phi) is 5.02. The molecule has 0 aliphatic carbocycles. The van der Waals surface area contributed by atoms with Crippen LogP contribution < -0.4 is 19.5 Å². The van der Waals surface area contributed by atoms with E-state index in [1.165, 1.54) is 0 Å². The predicted octanol–water partition coefficient (Wildman–Crippen LogP) is 4.17. The van der Waals surface area contributed by atoms with Crippen LogP contribution in [0.1, 0.15) is 6.92 Å². The van der Waals surface area contributed by atoms with Crippen molar-refractivity contribution in [1.82, 2.24) is 0 Å². The number of carbonyl (C=O) groups excluding carboxylic acids is 1. The Morgan fingerprint density at radius 1 is 1.12 bits per heavy atom. The molecule has 0 radical (unpaired) electrons. The molecule has 1 N–H and O–H groups in total. The van der Waals surface area contributed by atoms with Crippen LogP contribution in [0.5, 0.6) is 17.2 Å². The van der Waals surface area contributed by atoms with Crippen LogP contribution in [0.25, 0.3) is 0 Å². The zero-order valence-corrected chi connectivity index (χ0v) is 14.4. The van der Waals surface area contributed by atoms with Gasteiger partial charge in [-0.15, -0.1) is 0 Å². The number of hydrogen-bond acceptors (Lipinski definition) is 4. The first-order chi connectivity index (χ1) is 11.5. The van der Waals surface area contributed by atoms with Crippen molar-refractivity contribution < 1.29 is 19.0 Å². The van der Waals surface area contributed by atoms with Gasteiger partial charge in [0, 0.05) is 16.8 Å². The second-order valence-electron chi connectivity index (χ2n) is 5.18. The topological polar surface area (TPSA) is 56.8 Å². The molecule has 1 heterocycles. The molecule has 2 aromatic rings. The number of halogens is 2. The highest BCUT2D eigenvalue weighted by atomic mass is 35.5. The largest absolute Gasteiger partial charge is 0.486 e. The van der Waals surface area contributed by atoms with E-state index in [9.17, 15) is 4.79 Å². The minimum absolute atomic E-state index is 0.308. The Morgan fingerprint density at radius 3 is 2.62 bits per heavy atom. The van der Waals surface area contributed by atoms with Crippen LogP contribution in [0.4, 0.5) is 5.69 Å². The van der Waals surface area contributed by atoms with Gasteiger partial charge in [-0.2, -0.15) is 0 Å². The fourth-order valence-corrected chi connectivity index (χ4v) is 2.63. The lowest BCUT2D eigenvalue weighted by Crippen LogP contribution is -2.30. The molecule has 7 heteroatoms. The van der Waals surface area contributed by atoms with E-state index in [1.54, 1.807) is 43.3 Å². The number of benzene rings is 2. The van der Waals surface area contributed by atoms with Crippen molar-refractivity contribution in [3.8, 4) is 17.2 Å². The van der Waals surface area contributed by atoms with Gasteiger partial charge in [-0.3, -0.25) is 4.79 Å². The Balaban J connectivity index is 1.65. The number of nitrogens with one attached hydrogen (secondary N) is 1. The van der Waals surface area contributed by atoms with Gasteiger partial charge in [0.2, 0.25) is 0 Å². The summed E-state index contributed by atoms with van der Waals surface area (Å²) in [7, 11) is 0. The molecule has 1 amide bonds. The summed E-state index contributed by atoms with van der Waals surface area (Å²) in [6.45, 7) is 2.64. The number of fused-ring (bicyclic) bond motifs is 1. The summed E-state index contributed by atoms with van der Waals surface area (Å²) in [5.41, 5.74) is 0.599. The van der Waals surface area contributed by atoms with Crippen LogP contribution in [0.3, 0.4) is 0 Å². The van der Waals surface area contributed by atoms with Gasteiger partial charge in [-0.05, 0) is 37.3 Å². The van der Waals surface area contributed by atoms with E-state index in [0.29, 0.717) is 46.2 Å². The lowest BCUT2D eigenvalue weighted by atomic mass is 10.2. The molecule has 24 heavy (non-hydrogen) atoms. The summed E-state index contributed by atoms with van der Waals surface area (Å²) in [5, 5.41) is 3.62. The van der Waals surface area contributed by atoms with Crippen molar-refractivity contribution >= 4 is 34.8 Å². The van der Waals surface area contributed by atoms with E-state index in [1.807, 2.05) is 0 Å².